The lowest BCUT2D eigenvalue weighted by molar-refractivity contribution is 0.627. The highest BCUT2D eigenvalue weighted by Crippen LogP contribution is 2.29. The van der Waals surface area contributed by atoms with Crippen molar-refractivity contribution in [3.8, 4) is 16.3 Å². The van der Waals surface area contributed by atoms with E-state index in [9.17, 15) is 4.39 Å². The summed E-state index contributed by atoms with van der Waals surface area (Å²) in [5.74, 6) is 0.467. The van der Waals surface area contributed by atoms with Crippen molar-refractivity contribution in [2.75, 3.05) is 0 Å². The zero-order valence-corrected chi connectivity index (χ0v) is 15.8. The maximum Gasteiger partial charge on any atom is 0.234 e. The summed E-state index contributed by atoms with van der Waals surface area (Å²) in [6.07, 6.45) is 2.36. The number of halogens is 1. The van der Waals surface area contributed by atoms with Gasteiger partial charge in [-0.05, 0) is 36.8 Å². The van der Waals surface area contributed by atoms with Gasteiger partial charge in [0.1, 0.15) is 5.82 Å². The molecule has 138 valence electrons. The molecule has 28 heavy (non-hydrogen) atoms. The zero-order valence-electron chi connectivity index (χ0n) is 15.0. The van der Waals surface area contributed by atoms with E-state index in [0.717, 1.165) is 38.3 Å². The Kier molecular flexibility index (Phi) is 3.98. The molecule has 0 fully saturated rings. The predicted octanol–water partition coefficient (Wildman–Crippen LogP) is 4.08. The molecule has 3 heterocycles. The number of hydrogen-bond acceptors (Lipinski definition) is 5. The standard InChI is InChI=1S/C20H15FN6S/c1-13-17(12-22-26(13)16-5-3-2-4-6-16)19-25-27-18(23-24-20(27)28-19)11-14-7-9-15(21)10-8-14/h2-10,12H,11H2,1H3. The Morgan fingerprint density at radius 3 is 2.57 bits per heavy atom. The first-order valence-electron chi connectivity index (χ1n) is 8.75. The maximum atomic E-state index is 13.1. The van der Waals surface area contributed by atoms with Gasteiger partial charge in [0, 0.05) is 6.42 Å². The van der Waals surface area contributed by atoms with Crippen molar-refractivity contribution in [3.05, 3.63) is 83.7 Å². The van der Waals surface area contributed by atoms with Crippen LogP contribution in [0.2, 0.25) is 0 Å². The summed E-state index contributed by atoms with van der Waals surface area (Å²) in [5.41, 5.74) is 3.94. The summed E-state index contributed by atoms with van der Waals surface area (Å²) in [6.45, 7) is 2.02. The van der Waals surface area contributed by atoms with E-state index in [1.807, 2.05) is 48.1 Å². The van der Waals surface area contributed by atoms with Crippen LogP contribution in [0.15, 0.2) is 60.8 Å². The fraction of sp³-hybridized carbons (Fsp3) is 0.100. The molecule has 2 aromatic carbocycles. The maximum absolute atomic E-state index is 13.1. The third kappa shape index (κ3) is 2.87. The summed E-state index contributed by atoms with van der Waals surface area (Å²) in [5, 5.41) is 18.5. The van der Waals surface area contributed by atoms with Gasteiger partial charge in [-0.25, -0.2) is 9.07 Å². The van der Waals surface area contributed by atoms with Crippen LogP contribution in [0.1, 0.15) is 17.1 Å². The highest BCUT2D eigenvalue weighted by Gasteiger charge is 2.17. The summed E-state index contributed by atoms with van der Waals surface area (Å²) in [7, 11) is 0. The van der Waals surface area contributed by atoms with E-state index < -0.39 is 0 Å². The van der Waals surface area contributed by atoms with E-state index in [1.54, 1.807) is 16.6 Å². The molecule has 3 aromatic heterocycles. The van der Waals surface area contributed by atoms with Crippen LogP contribution in [0.4, 0.5) is 4.39 Å². The Morgan fingerprint density at radius 2 is 1.79 bits per heavy atom. The summed E-state index contributed by atoms with van der Waals surface area (Å²) < 4.78 is 16.8. The lowest BCUT2D eigenvalue weighted by Gasteiger charge is -2.04. The van der Waals surface area contributed by atoms with Crippen LogP contribution >= 0.6 is 11.3 Å². The molecule has 0 spiro atoms. The molecule has 0 aliphatic rings. The molecule has 0 saturated heterocycles. The Morgan fingerprint density at radius 1 is 1.00 bits per heavy atom. The van der Waals surface area contributed by atoms with Gasteiger partial charge in [0.25, 0.3) is 0 Å². The quantitative estimate of drug-likeness (QED) is 0.464. The number of rotatable bonds is 4. The van der Waals surface area contributed by atoms with Crippen LogP contribution in [0.3, 0.4) is 0 Å². The van der Waals surface area contributed by atoms with E-state index >= 15 is 0 Å². The van der Waals surface area contributed by atoms with E-state index in [0.29, 0.717) is 6.42 Å². The van der Waals surface area contributed by atoms with Gasteiger partial charge in [-0.3, -0.25) is 0 Å². The van der Waals surface area contributed by atoms with Gasteiger partial charge in [-0.15, -0.1) is 10.2 Å². The average molecular weight is 390 g/mol. The number of fused-ring (bicyclic) bond motifs is 1. The summed E-state index contributed by atoms with van der Waals surface area (Å²) >= 11 is 1.47. The molecule has 0 amide bonds. The van der Waals surface area contributed by atoms with Crippen molar-refractivity contribution < 1.29 is 4.39 Å². The predicted molar refractivity (Wildman–Crippen MR) is 105 cm³/mol. The van der Waals surface area contributed by atoms with Gasteiger partial charge >= 0.3 is 0 Å². The zero-order chi connectivity index (χ0) is 19.1. The lowest BCUT2D eigenvalue weighted by Crippen LogP contribution is -1.99. The summed E-state index contributed by atoms with van der Waals surface area (Å²) in [4.78, 5) is 0.721. The molecule has 0 atom stereocenters. The van der Waals surface area contributed by atoms with Crippen molar-refractivity contribution in [1.29, 1.82) is 0 Å². The Bertz CT molecular complexity index is 1250. The third-order valence-electron chi connectivity index (χ3n) is 4.57. The van der Waals surface area contributed by atoms with Crippen LogP contribution < -0.4 is 0 Å². The van der Waals surface area contributed by atoms with Gasteiger partial charge < -0.3 is 0 Å². The van der Waals surface area contributed by atoms with Gasteiger partial charge in [0.05, 0.1) is 23.1 Å². The number of hydrogen-bond donors (Lipinski definition) is 0. The minimum atomic E-state index is -0.253. The topological polar surface area (TPSA) is 60.9 Å². The molecule has 0 aliphatic carbocycles. The van der Waals surface area contributed by atoms with Crippen molar-refractivity contribution in [3.63, 3.8) is 0 Å². The fourth-order valence-electron chi connectivity index (χ4n) is 3.11. The summed E-state index contributed by atoms with van der Waals surface area (Å²) in [6, 6.07) is 16.4. The largest absolute Gasteiger partial charge is 0.237 e. The minimum absolute atomic E-state index is 0.253. The van der Waals surface area contributed by atoms with Gasteiger partial charge in [-0.2, -0.15) is 14.7 Å². The first-order chi connectivity index (χ1) is 13.7. The minimum Gasteiger partial charge on any atom is -0.237 e. The first kappa shape index (κ1) is 16.8. The first-order valence-corrected chi connectivity index (χ1v) is 9.57. The molecular weight excluding hydrogens is 375 g/mol. The van der Waals surface area contributed by atoms with Crippen LogP contribution in [0.5, 0.6) is 0 Å². The van der Waals surface area contributed by atoms with Crippen LogP contribution in [-0.2, 0) is 6.42 Å². The van der Waals surface area contributed by atoms with Crippen molar-refractivity contribution >= 4 is 16.3 Å². The van der Waals surface area contributed by atoms with Gasteiger partial charge in [0.15, 0.2) is 10.8 Å². The number of para-hydroxylation sites is 1. The molecule has 6 nitrogen and oxygen atoms in total. The van der Waals surface area contributed by atoms with Crippen molar-refractivity contribution in [2.24, 2.45) is 0 Å². The molecule has 0 unspecified atom stereocenters. The molecule has 0 aliphatic heterocycles. The number of nitrogens with zero attached hydrogens (tertiary/aromatic N) is 6. The Balaban J connectivity index is 1.50. The molecule has 0 saturated carbocycles. The molecular formula is C20H15FN6S. The van der Waals surface area contributed by atoms with Crippen LogP contribution in [0, 0.1) is 12.7 Å². The average Bonchev–Trinajstić information content (AvgIpc) is 3.39. The molecule has 0 radical (unpaired) electrons. The second kappa shape index (κ2) is 6.65. The molecule has 0 bridgehead atoms. The van der Waals surface area contributed by atoms with Crippen molar-refractivity contribution in [1.82, 2.24) is 29.6 Å². The molecule has 5 aromatic rings. The van der Waals surface area contributed by atoms with Crippen molar-refractivity contribution in [2.45, 2.75) is 13.3 Å². The highest BCUT2D eigenvalue weighted by atomic mass is 32.1. The Labute approximate surface area is 163 Å². The Hall–Kier alpha value is -3.39. The van der Waals surface area contributed by atoms with E-state index in [1.165, 1.54) is 23.5 Å². The van der Waals surface area contributed by atoms with E-state index in [-0.39, 0.29) is 5.82 Å². The van der Waals surface area contributed by atoms with Gasteiger partial charge in [-0.1, -0.05) is 41.7 Å². The van der Waals surface area contributed by atoms with E-state index in [4.69, 9.17) is 5.10 Å². The monoisotopic (exact) mass is 390 g/mol. The third-order valence-corrected chi connectivity index (χ3v) is 5.50. The smallest absolute Gasteiger partial charge is 0.234 e. The van der Waals surface area contributed by atoms with Gasteiger partial charge in [0.2, 0.25) is 4.96 Å². The number of aromatic nitrogens is 6. The van der Waals surface area contributed by atoms with E-state index in [2.05, 4.69) is 15.3 Å². The molecule has 5 rings (SSSR count). The molecule has 8 heteroatoms. The second-order valence-electron chi connectivity index (χ2n) is 6.41. The van der Waals surface area contributed by atoms with Crippen LogP contribution in [-0.4, -0.2) is 29.6 Å². The lowest BCUT2D eigenvalue weighted by atomic mass is 10.1. The SMILES string of the molecule is Cc1c(-c2nn3c(Cc4ccc(F)cc4)nnc3s2)cnn1-c1ccccc1. The molecule has 0 N–H and O–H groups in total. The highest BCUT2D eigenvalue weighted by molar-refractivity contribution is 7.19. The number of benzene rings is 2. The second-order valence-corrected chi connectivity index (χ2v) is 7.37. The van der Waals surface area contributed by atoms with Crippen LogP contribution in [0.25, 0.3) is 21.2 Å². The fourth-order valence-corrected chi connectivity index (χ4v) is 4.03. The normalized spacial score (nSPS) is 11.4.